The lowest BCUT2D eigenvalue weighted by Gasteiger charge is -2.37. The number of hydrogen-bond acceptors (Lipinski definition) is 4. The Bertz CT molecular complexity index is 1140. The molecule has 0 spiro atoms. The second kappa shape index (κ2) is 12.8. The molecule has 1 heterocycles. The summed E-state index contributed by atoms with van der Waals surface area (Å²) in [6.45, 7) is 4.30. The van der Waals surface area contributed by atoms with Gasteiger partial charge in [0, 0.05) is 25.6 Å². The van der Waals surface area contributed by atoms with E-state index in [1.165, 1.54) is 29.5 Å². The minimum Gasteiger partial charge on any atom is -0.493 e. The highest BCUT2D eigenvalue weighted by Crippen LogP contribution is 2.28. The van der Waals surface area contributed by atoms with Crippen LogP contribution < -0.4 is 14.8 Å². The van der Waals surface area contributed by atoms with Gasteiger partial charge in [-0.2, -0.15) is 0 Å². The normalized spacial score (nSPS) is 19.2. The number of fused-ring (bicyclic) bond motifs is 1. The molecule has 2 aliphatic rings. The maximum atomic E-state index is 13.1. The van der Waals surface area contributed by atoms with Crippen molar-refractivity contribution >= 4 is 5.91 Å². The monoisotopic (exact) mass is 498 g/mol. The van der Waals surface area contributed by atoms with Gasteiger partial charge in [-0.05, 0) is 73.1 Å². The van der Waals surface area contributed by atoms with Gasteiger partial charge in [-0.1, -0.05) is 54.6 Å². The van der Waals surface area contributed by atoms with Crippen LogP contribution in [0.5, 0.6) is 11.5 Å². The largest absolute Gasteiger partial charge is 0.493 e. The lowest BCUT2D eigenvalue weighted by atomic mass is 9.88. The van der Waals surface area contributed by atoms with Crippen LogP contribution >= 0.6 is 0 Å². The Hall–Kier alpha value is -3.31. The maximum absolute atomic E-state index is 13.1. The van der Waals surface area contributed by atoms with E-state index in [-0.39, 0.29) is 11.8 Å². The van der Waals surface area contributed by atoms with Crippen LogP contribution in [0.4, 0.5) is 0 Å². The van der Waals surface area contributed by atoms with Crippen molar-refractivity contribution in [2.75, 3.05) is 39.4 Å². The summed E-state index contributed by atoms with van der Waals surface area (Å²) in [6, 6.07) is 26.9. The summed E-state index contributed by atoms with van der Waals surface area (Å²) >= 11 is 0. The lowest BCUT2D eigenvalue weighted by molar-refractivity contribution is -0.127. The smallest absolute Gasteiger partial charge is 0.224 e. The van der Waals surface area contributed by atoms with Crippen molar-refractivity contribution in [1.82, 2.24) is 10.2 Å². The summed E-state index contributed by atoms with van der Waals surface area (Å²) < 4.78 is 12.0. The zero-order chi connectivity index (χ0) is 25.3. The van der Waals surface area contributed by atoms with E-state index in [2.05, 4.69) is 58.7 Å². The number of hydrogen-bond donors (Lipinski definition) is 1. The molecule has 5 nitrogen and oxygen atoms in total. The van der Waals surface area contributed by atoms with E-state index in [1.54, 1.807) is 0 Å². The van der Waals surface area contributed by atoms with Crippen molar-refractivity contribution in [2.45, 2.75) is 32.1 Å². The van der Waals surface area contributed by atoms with Crippen LogP contribution in [-0.2, 0) is 24.1 Å². The van der Waals surface area contributed by atoms with Crippen LogP contribution in [0.1, 0.15) is 29.5 Å². The summed E-state index contributed by atoms with van der Waals surface area (Å²) in [5.74, 6) is 2.17. The summed E-state index contributed by atoms with van der Waals surface area (Å²) in [7, 11) is 0. The number of aryl methyl sites for hydroxylation is 2. The summed E-state index contributed by atoms with van der Waals surface area (Å²) in [4.78, 5) is 15.6. The highest BCUT2D eigenvalue weighted by molar-refractivity contribution is 5.79. The van der Waals surface area contributed by atoms with E-state index in [0.717, 1.165) is 50.4 Å². The number of piperidine rings is 1. The number of carbonyl (C=O) groups is 1. The zero-order valence-corrected chi connectivity index (χ0v) is 21.6. The first-order chi connectivity index (χ1) is 18.2. The zero-order valence-electron chi connectivity index (χ0n) is 21.6. The van der Waals surface area contributed by atoms with E-state index in [1.807, 2.05) is 30.3 Å². The molecule has 0 radical (unpaired) electrons. The number of likely N-dealkylation sites (tertiary alicyclic amines) is 1. The average molecular weight is 499 g/mol. The van der Waals surface area contributed by atoms with Gasteiger partial charge in [0.15, 0.2) is 0 Å². The number of amides is 1. The molecule has 0 saturated carbocycles. The van der Waals surface area contributed by atoms with Gasteiger partial charge in [-0.25, -0.2) is 0 Å². The summed E-state index contributed by atoms with van der Waals surface area (Å²) in [6.07, 6.45) is 5.41. The van der Waals surface area contributed by atoms with Gasteiger partial charge in [-0.3, -0.25) is 4.79 Å². The van der Waals surface area contributed by atoms with Gasteiger partial charge in [-0.15, -0.1) is 0 Å². The third kappa shape index (κ3) is 7.36. The van der Waals surface area contributed by atoms with Crippen LogP contribution in [0.2, 0.25) is 0 Å². The molecule has 0 bridgehead atoms. The second-order valence-electron chi connectivity index (χ2n) is 10.3. The highest BCUT2D eigenvalue weighted by Gasteiger charge is 2.32. The van der Waals surface area contributed by atoms with E-state index in [0.29, 0.717) is 25.7 Å². The van der Waals surface area contributed by atoms with Crippen LogP contribution in [0.15, 0.2) is 78.9 Å². The third-order valence-electron chi connectivity index (χ3n) is 7.51. The molecule has 3 aromatic rings. The quantitative estimate of drug-likeness (QED) is 0.381. The first-order valence-electron chi connectivity index (χ1n) is 13.7. The molecule has 5 heteroatoms. The van der Waals surface area contributed by atoms with Gasteiger partial charge < -0.3 is 19.7 Å². The van der Waals surface area contributed by atoms with Crippen LogP contribution in [0, 0.1) is 11.8 Å². The standard InChI is InChI=1S/C32H38N2O3/c35-32(33-17-19-36-30-12-5-2-6-13-30)29-20-26(22-34(23-29)18-16-25-8-3-1-4-9-25)24-37-31-15-14-27-10-7-11-28(27)21-31/h1-6,8-9,12-15,21,26,29H,7,10-11,16-20,22-24H2,(H,33,35)/t26-,29+/m0/s1. The molecule has 0 unspecified atom stereocenters. The molecular formula is C32H38N2O3. The third-order valence-corrected chi connectivity index (χ3v) is 7.51. The Labute approximate surface area is 220 Å². The number of nitrogens with one attached hydrogen (secondary N) is 1. The van der Waals surface area contributed by atoms with E-state index in [4.69, 9.17) is 9.47 Å². The number of ether oxygens (including phenoxy) is 2. The van der Waals surface area contributed by atoms with Crippen LogP contribution in [0.3, 0.4) is 0 Å². The Morgan fingerprint density at radius 3 is 2.49 bits per heavy atom. The Kier molecular flexibility index (Phi) is 8.75. The second-order valence-corrected chi connectivity index (χ2v) is 10.3. The minimum atomic E-state index is -0.0464. The fourth-order valence-electron chi connectivity index (χ4n) is 5.58. The van der Waals surface area contributed by atoms with Gasteiger partial charge in [0.25, 0.3) is 0 Å². The van der Waals surface area contributed by atoms with Crippen LogP contribution in [0.25, 0.3) is 0 Å². The first-order valence-corrected chi connectivity index (χ1v) is 13.7. The molecule has 3 aromatic carbocycles. The molecule has 1 amide bonds. The number of nitrogens with zero attached hydrogens (tertiary/aromatic N) is 1. The highest BCUT2D eigenvalue weighted by atomic mass is 16.5. The molecule has 1 aliphatic carbocycles. The van der Waals surface area contributed by atoms with E-state index in [9.17, 15) is 4.79 Å². The maximum Gasteiger partial charge on any atom is 0.224 e. The lowest BCUT2D eigenvalue weighted by Crippen LogP contribution is -2.48. The van der Waals surface area contributed by atoms with Crippen LogP contribution in [-0.4, -0.2) is 50.2 Å². The molecule has 1 N–H and O–H groups in total. The first kappa shape index (κ1) is 25.3. The minimum absolute atomic E-state index is 0.0464. The average Bonchev–Trinajstić information content (AvgIpc) is 3.42. The molecule has 194 valence electrons. The summed E-state index contributed by atoms with van der Waals surface area (Å²) in [5.41, 5.74) is 4.23. The molecular weight excluding hydrogens is 460 g/mol. The fourth-order valence-corrected chi connectivity index (χ4v) is 5.58. The van der Waals surface area contributed by atoms with Gasteiger partial charge in [0.05, 0.1) is 19.1 Å². The Morgan fingerprint density at radius 2 is 1.65 bits per heavy atom. The molecule has 0 aromatic heterocycles. The molecule has 1 saturated heterocycles. The molecule has 1 fully saturated rings. The Balaban J connectivity index is 1.16. The predicted octanol–water partition coefficient (Wildman–Crippen LogP) is 4.93. The number of benzene rings is 3. The molecule has 5 rings (SSSR count). The SMILES string of the molecule is O=C(NCCOc1ccccc1)[C@@H]1C[C@H](COc2ccc3c(c2)CCC3)CN(CCc2ccccc2)C1. The predicted molar refractivity (Wildman–Crippen MR) is 147 cm³/mol. The molecule has 1 aliphatic heterocycles. The van der Waals surface area contributed by atoms with Crippen molar-refractivity contribution in [3.8, 4) is 11.5 Å². The van der Waals surface area contributed by atoms with Gasteiger partial charge in [0.1, 0.15) is 18.1 Å². The fraction of sp³-hybridized carbons (Fsp3) is 0.406. The van der Waals surface area contributed by atoms with Crippen molar-refractivity contribution in [2.24, 2.45) is 11.8 Å². The molecule has 37 heavy (non-hydrogen) atoms. The van der Waals surface area contributed by atoms with Crippen molar-refractivity contribution in [3.63, 3.8) is 0 Å². The Morgan fingerprint density at radius 1 is 0.865 bits per heavy atom. The van der Waals surface area contributed by atoms with Gasteiger partial charge >= 0.3 is 0 Å². The number of para-hydroxylation sites is 1. The van der Waals surface area contributed by atoms with Crippen molar-refractivity contribution in [1.29, 1.82) is 0 Å². The summed E-state index contributed by atoms with van der Waals surface area (Å²) in [5, 5.41) is 3.11. The van der Waals surface area contributed by atoms with E-state index >= 15 is 0 Å². The topological polar surface area (TPSA) is 50.8 Å². The molecule has 2 atom stereocenters. The van der Waals surface area contributed by atoms with Crippen molar-refractivity contribution in [3.05, 3.63) is 95.6 Å². The van der Waals surface area contributed by atoms with Crippen molar-refractivity contribution < 1.29 is 14.3 Å². The van der Waals surface area contributed by atoms with E-state index < -0.39 is 0 Å². The van der Waals surface area contributed by atoms with Gasteiger partial charge in [0.2, 0.25) is 5.91 Å². The number of carbonyl (C=O) groups excluding carboxylic acids is 1. The number of rotatable bonds is 11.